The van der Waals surface area contributed by atoms with E-state index in [-0.39, 0.29) is 17.4 Å². The Morgan fingerprint density at radius 3 is 2.67 bits per heavy atom. The van der Waals surface area contributed by atoms with Crippen LogP contribution in [-0.4, -0.2) is 17.6 Å². The molecule has 1 aliphatic carbocycles. The molecular weight excluding hydrogens is 279 g/mol. The predicted molar refractivity (Wildman–Crippen MR) is 71.7 cm³/mol. The zero-order valence-electron chi connectivity index (χ0n) is 11.5. The van der Waals surface area contributed by atoms with E-state index in [0.29, 0.717) is 12.5 Å². The Morgan fingerprint density at radius 2 is 1.95 bits per heavy atom. The smallest absolute Gasteiger partial charge is 0.352 e. The molecule has 3 rings (SSSR count). The van der Waals surface area contributed by atoms with E-state index in [0.717, 1.165) is 38.2 Å². The number of anilines is 1. The number of hydrogen-bond donors (Lipinski definition) is 0. The van der Waals surface area contributed by atoms with Crippen molar-refractivity contribution in [3.8, 4) is 6.07 Å². The molecule has 1 saturated heterocycles. The summed E-state index contributed by atoms with van der Waals surface area (Å²) in [6, 6.07) is 4.34. The van der Waals surface area contributed by atoms with Crippen molar-refractivity contribution in [1.82, 2.24) is 4.98 Å². The first kappa shape index (κ1) is 14.2. The van der Waals surface area contributed by atoms with Gasteiger partial charge in [0.15, 0.2) is 0 Å². The molecule has 1 aromatic rings. The van der Waals surface area contributed by atoms with E-state index in [1.807, 2.05) is 11.0 Å². The van der Waals surface area contributed by atoms with E-state index in [1.165, 1.54) is 6.07 Å². The molecule has 2 heterocycles. The van der Waals surface area contributed by atoms with E-state index in [9.17, 15) is 18.4 Å². The van der Waals surface area contributed by atoms with Gasteiger partial charge in [0.2, 0.25) is 0 Å². The fourth-order valence-electron chi connectivity index (χ4n) is 3.63. The van der Waals surface area contributed by atoms with Gasteiger partial charge < -0.3 is 4.90 Å². The van der Waals surface area contributed by atoms with Crippen LogP contribution in [0.15, 0.2) is 12.1 Å². The zero-order chi connectivity index (χ0) is 15.0. The van der Waals surface area contributed by atoms with Gasteiger partial charge in [-0.15, -0.1) is 0 Å². The van der Waals surface area contributed by atoms with Crippen LogP contribution >= 0.6 is 0 Å². The Hall–Kier alpha value is -1.77. The number of fused-ring (bicyclic) bond motifs is 1. The molecule has 0 aromatic carbocycles. The van der Waals surface area contributed by atoms with Crippen LogP contribution in [0.25, 0.3) is 0 Å². The minimum absolute atomic E-state index is 0.212. The molecule has 1 aliphatic heterocycles. The highest BCUT2D eigenvalue weighted by Crippen LogP contribution is 2.40. The summed E-state index contributed by atoms with van der Waals surface area (Å²) >= 11 is 0. The molecular formula is C15H16F3N3. The second kappa shape index (κ2) is 5.21. The maximum absolute atomic E-state index is 12.9. The van der Waals surface area contributed by atoms with Crippen molar-refractivity contribution in [3.63, 3.8) is 0 Å². The Balaban J connectivity index is 2.01. The zero-order valence-corrected chi connectivity index (χ0v) is 11.5. The fraction of sp³-hybridized carbons (Fsp3) is 0.600. The summed E-state index contributed by atoms with van der Waals surface area (Å²) in [7, 11) is 0. The molecule has 6 heteroatoms. The van der Waals surface area contributed by atoms with Crippen LogP contribution in [0.1, 0.15) is 43.4 Å². The third-order valence-corrected chi connectivity index (χ3v) is 4.55. The molecule has 1 saturated carbocycles. The summed E-state index contributed by atoms with van der Waals surface area (Å²) in [5.74, 6) is 0.741. The van der Waals surface area contributed by atoms with Gasteiger partial charge in [-0.25, -0.2) is 4.98 Å². The Labute approximate surface area is 121 Å². The molecule has 2 aliphatic rings. The first-order valence-corrected chi connectivity index (χ1v) is 7.25. The maximum Gasteiger partial charge on any atom is 0.433 e. The molecule has 2 atom stereocenters. The fourth-order valence-corrected chi connectivity index (χ4v) is 3.63. The van der Waals surface area contributed by atoms with Gasteiger partial charge in [-0.1, -0.05) is 6.42 Å². The lowest BCUT2D eigenvalue weighted by molar-refractivity contribution is -0.141. The third-order valence-electron chi connectivity index (χ3n) is 4.55. The molecule has 0 N–H and O–H groups in total. The summed E-state index contributed by atoms with van der Waals surface area (Å²) in [6.45, 7) is 0.685. The van der Waals surface area contributed by atoms with Crippen LogP contribution in [0.4, 0.5) is 19.0 Å². The molecule has 0 spiro atoms. The molecule has 112 valence electrons. The first-order valence-electron chi connectivity index (χ1n) is 7.25. The first-order chi connectivity index (χ1) is 10.0. The summed E-state index contributed by atoms with van der Waals surface area (Å²) in [5.41, 5.74) is -0.688. The number of hydrogen-bond acceptors (Lipinski definition) is 3. The predicted octanol–water partition coefficient (Wildman–Crippen LogP) is 3.74. The highest BCUT2D eigenvalue weighted by atomic mass is 19.4. The molecule has 21 heavy (non-hydrogen) atoms. The van der Waals surface area contributed by atoms with E-state index >= 15 is 0 Å². The monoisotopic (exact) mass is 295 g/mol. The van der Waals surface area contributed by atoms with Crippen LogP contribution in [0.2, 0.25) is 0 Å². The second-order valence-corrected chi connectivity index (χ2v) is 5.77. The van der Waals surface area contributed by atoms with E-state index in [2.05, 4.69) is 4.98 Å². The van der Waals surface area contributed by atoms with Gasteiger partial charge in [0.25, 0.3) is 0 Å². The molecule has 0 amide bonds. The molecule has 2 unspecified atom stereocenters. The van der Waals surface area contributed by atoms with Crippen molar-refractivity contribution < 1.29 is 13.2 Å². The van der Waals surface area contributed by atoms with E-state index < -0.39 is 11.9 Å². The van der Waals surface area contributed by atoms with Crippen LogP contribution in [0.3, 0.4) is 0 Å². The number of piperidine rings is 1. The lowest BCUT2D eigenvalue weighted by Gasteiger charge is -2.39. The van der Waals surface area contributed by atoms with Crippen molar-refractivity contribution in [3.05, 3.63) is 23.4 Å². The Bertz CT molecular complexity index is 577. The van der Waals surface area contributed by atoms with Gasteiger partial charge in [0, 0.05) is 12.6 Å². The number of aromatic nitrogens is 1. The van der Waals surface area contributed by atoms with Crippen LogP contribution < -0.4 is 4.90 Å². The second-order valence-electron chi connectivity index (χ2n) is 5.77. The molecule has 0 bridgehead atoms. The lowest BCUT2D eigenvalue weighted by atomic mass is 9.91. The topological polar surface area (TPSA) is 39.9 Å². The van der Waals surface area contributed by atoms with Crippen LogP contribution in [-0.2, 0) is 6.18 Å². The molecule has 1 aromatic heterocycles. The number of alkyl halides is 3. The molecule has 2 fully saturated rings. The van der Waals surface area contributed by atoms with Crippen molar-refractivity contribution in [1.29, 1.82) is 5.26 Å². The molecule has 0 radical (unpaired) electrons. The van der Waals surface area contributed by atoms with Gasteiger partial charge in [-0.05, 0) is 43.7 Å². The highest BCUT2D eigenvalue weighted by molar-refractivity contribution is 5.56. The van der Waals surface area contributed by atoms with Crippen molar-refractivity contribution >= 4 is 5.82 Å². The standard InChI is InChI=1S/C15H16F3N3/c16-15(17,18)13-7-6-11(9-19)14(20-13)21-8-2-4-10-3-1-5-12(10)21/h6-7,10,12H,1-5,8H2. The van der Waals surface area contributed by atoms with Crippen molar-refractivity contribution in [2.24, 2.45) is 5.92 Å². The van der Waals surface area contributed by atoms with Gasteiger partial charge in [-0.2, -0.15) is 18.4 Å². The van der Waals surface area contributed by atoms with Gasteiger partial charge in [0.05, 0.1) is 5.56 Å². The summed E-state index contributed by atoms with van der Waals surface area (Å²) in [6.07, 6.45) is 0.807. The SMILES string of the molecule is N#Cc1ccc(C(F)(F)F)nc1N1CCCC2CCCC21. The highest BCUT2D eigenvalue weighted by Gasteiger charge is 2.38. The average Bonchev–Trinajstić information content (AvgIpc) is 2.94. The normalized spacial score (nSPS) is 25.5. The Kier molecular flexibility index (Phi) is 3.52. The minimum Gasteiger partial charge on any atom is -0.352 e. The molecule has 3 nitrogen and oxygen atoms in total. The lowest BCUT2D eigenvalue weighted by Crippen LogP contribution is -2.43. The number of pyridine rings is 1. The van der Waals surface area contributed by atoms with Gasteiger partial charge in [-0.3, -0.25) is 0 Å². The number of nitrogens with zero attached hydrogens (tertiary/aromatic N) is 3. The number of rotatable bonds is 1. The van der Waals surface area contributed by atoms with Crippen LogP contribution in [0, 0.1) is 17.2 Å². The number of nitriles is 1. The van der Waals surface area contributed by atoms with E-state index in [1.54, 1.807) is 0 Å². The van der Waals surface area contributed by atoms with Gasteiger partial charge in [0.1, 0.15) is 17.6 Å². The van der Waals surface area contributed by atoms with Crippen LogP contribution in [0.5, 0.6) is 0 Å². The van der Waals surface area contributed by atoms with Crippen molar-refractivity contribution in [2.45, 2.75) is 44.3 Å². The third kappa shape index (κ3) is 2.57. The van der Waals surface area contributed by atoms with Crippen molar-refractivity contribution in [2.75, 3.05) is 11.4 Å². The number of halogens is 3. The minimum atomic E-state index is -4.48. The van der Waals surface area contributed by atoms with E-state index in [4.69, 9.17) is 0 Å². The Morgan fingerprint density at radius 1 is 1.19 bits per heavy atom. The largest absolute Gasteiger partial charge is 0.433 e. The quantitative estimate of drug-likeness (QED) is 0.792. The maximum atomic E-state index is 12.9. The summed E-state index contributed by atoms with van der Waals surface area (Å²) in [5, 5.41) is 9.19. The van der Waals surface area contributed by atoms with Gasteiger partial charge >= 0.3 is 6.18 Å². The average molecular weight is 295 g/mol. The summed E-state index contributed by atoms with van der Waals surface area (Å²) < 4.78 is 38.6. The summed E-state index contributed by atoms with van der Waals surface area (Å²) in [4.78, 5) is 5.72.